The molecule has 0 saturated carbocycles. The lowest BCUT2D eigenvalue weighted by Crippen LogP contribution is -2.15. The lowest BCUT2D eigenvalue weighted by molar-refractivity contribution is 0.482. The molecule has 0 aliphatic rings. The molecule has 3 heteroatoms. The summed E-state index contributed by atoms with van der Waals surface area (Å²) in [5.41, 5.74) is 0.153. The fraction of sp³-hybridized carbons (Fsp3) is 0.625. The molecule has 1 aromatic rings. The van der Waals surface area contributed by atoms with Crippen LogP contribution in [0.1, 0.15) is 63.9 Å². The first-order chi connectivity index (χ1) is 9.11. The third-order valence-electron chi connectivity index (χ3n) is 3.58. The topological polar surface area (TPSA) is 0 Å². The average molecular weight is 289 g/mol. The third-order valence-corrected chi connectivity index (χ3v) is 4.10. The van der Waals surface area contributed by atoms with E-state index >= 15 is 0 Å². The molecule has 1 rings (SSSR count). The molecule has 0 fully saturated rings. The Labute approximate surface area is 120 Å². The molecular formula is C16H23ClF2. The molecule has 2 atom stereocenters. The van der Waals surface area contributed by atoms with Gasteiger partial charge in [0.1, 0.15) is 11.6 Å². The summed E-state index contributed by atoms with van der Waals surface area (Å²) in [6.45, 7) is 4.08. The Morgan fingerprint density at radius 3 is 2.21 bits per heavy atom. The molecule has 0 N–H and O–H groups in total. The van der Waals surface area contributed by atoms with Crippen LogP contribution < -0.4 is 0 Å². The number of unbranched alkanes of at least 4 members (excludes halogenated alkanes) is 3. The SMILES string of the molecule is CCCCCCC(Cl)C(CC)c1c(F)cccc1F. The molecule has 0 radical (unpaired) electrons. The van der Waals surface area contributed by atoms with Gasteiger partial charge in [0, 0.05) is 16.9 Å². The van der Waals surface area contributed by atoms with E-state index in [1.165, 1.54) is 31.0 Å². The van der Waals surface area contributed by atoms with Gasteiger partial charge in [0.15, 0.2) is 0 Å². The third kappa shape index (κ3) is 4.76. The van der Waals surface area contributed by atoms with Gasteiger partial charge in [-0.2, -0.15) is 0 Å². The van der Waals surface area contributed by atoms with Crippen LogP contribution in [0.5, 0.6) is 0 Å². The molecule has 0 spiro atoms. The van der Waals surface area contributed by atoms with Gasteiger partial charge in [-0.05, 0) is 25.0 Å². The number of benzene rings is 1. The van der Waals surface area contributed by atoms with Crippen LogP contribution in [0.4, 0.5) is 8.78 Å². The highest BCUT2D eigenvalue weighted by Gasteiger charge is 2.25. The van der Waals surface area contributed by atoms with Crippen LogP contribution in [-0.4, -0.2) is 5.38 Å². The molecular weight excluding hydrogens is 266 g/mol. The molecule has 108 valence electrons. The first kappa shape index (κ1) is 16.4. The highest BCUT2D eigenvalue weighted by atomic mass is 35.5. The minimum atomic E-state index is -0.481. The van der Waals surface area contributed by atoms with E-state index in [4.69, 9.17) is 11.6 Å². The quantitative estimate of drug-likeness (QED) is 0.404. The van der Waals surface area contributed by atoms with E-state index in [1.54, 1.807) is 0 Å². The van der Waals surface area contributed by atoms with Crippen molar-refractivity contribution in [3.05, 3.63) is 35.4 Å². The van der Waals surface area contributed by atoms with Gasteiger partial charge in [-0.25, -0.2) is 8.78 Å². The van der Waals surface area contributed by atoms with Crippen molar-refractivity contribution in [1.82, 2.24) is 0 Å². The predicted molar refractivity (Wildman–Crippen MR) is 77.8 cm³/mol. The van der Waals surface area contributed by atoms with Gasteiger partial charge in [-0.3, -0.25) is 0 Å². The van der Waals surface area contributed by atoms with E-state index in [9.17, 15) is 8.78 Å². The maximum Gasteiger partial charge on any atom is 0.129 e. The van der Waals surface area contributed by atoms with Crippen LogP contribution >= 0.6 is 11.6 Å². The van der Waals surface area contributed by atoms with Crippen LogP contribution in [0, 0.1) is 11.6 Å². The molecule has 0 aliphatic heterocycles. The Kier molecular flexibility index (Phi) is 7.37. The number of halogens is 3. The van der Waals surface area contributed by atoms with Crippen LogP contribution in [0.25, 0.3) is 0 Å². The number of hydrogen-bond donors (Lipinski definition) is 0. The number of rotatable bonds is 8. The van der Waals surface area contributed by atoms with Crippen LogP contribution in [0.3, 0.4) is 0 Å². The Balaban J connectivity index is 2.71. The zero-order valence-electron chi connectivity index (χ0n) is 11.8. The van der Waals surface area contributed by atoms with Gasteiger partial charge < -0.3 is 0 Å². The van der Waals surface area contributed by atoms with Gasteiger partial charge in [-0.15, -0.1) is 11.6 Å². The Morgan fingerprint density at radius 1 is 1.05 bits per heavy atom. The van der Waals surface area contributed by atoms with Crippen LogP contribution in [0.15, 0.2) is 18.2 Å². The summed E-state index contributed by atoms with van der Waals surface area (Å²) < 4.78 is 27.6. The second kappa shape index (κ2) is 8.52. The van der Waals surface area contributed by atoms with Crippen molar-refractivity contribution < 1.29 is 8.78 Å². The number of hydrogen-bond acceptors (Lipinski definition) is 0. The van der Waals surface area contributed by atoms with Crippen molar-refractivity contribution in [3.8, 4) is 0 Å². The Bertz CT molecular complexity index is 359. The highest BCUT2D eigenvalue weighted by Crippen LogP contribution is 2.33. The standard InChI is InChI=1S/C16H23ClF2/c1-3-5-6-7-9-13(17)12(4-2)16-14(18)10-8-11-15(16)19/h8,10-13H,3-7,9H2,1-2H3. The van der Waals surface area contributed by atoms with Crippen molar-refractivity contribution in [3.63, 3.8) is 0 Å². The summed E-state index contributed by atoms with van der Waals surface area (Å²) in [4.78, 5) is 0. The fourth-order valence-electron chi connectivity index (χ4n) is 2.47. The van der Waals surface area contributed by atoms with Gasteiger partial charge in [0.05, 0.1) is 0 Å². The molecule has 0 amide bonds. The van der Waals surface area contributed by atoms with Crippen molar-refractivity contribution in [2.45, 2.75) is 63.7 Å². The van der Waals surface area contributed by atoms with Crippen molar-refractivity contribution in [2.75, 3.05) is 0 Å². The Morgan fingerprint density at radius 2 is 1.68 bits per heavy atom. The molecule has 1 aromatic carbocycles. The van der Waals surface area contributed by atoms with E-state index in [1.807, 2.05) is 6.92 Å². The van der Waals surface area contributed by atoms with Crippen LogP contribution in [0.2, 0.25) is 0 Å². The van der Waals surface area contributed by atoms with Gasteiger partial charge in [0.25, 0.3) is 0 Å². The van der Waals surface area contributed by atoms with Crippen molar-refractivity contribution in [2.24, 2.45) is 0 Å². The molecule has 0 nitrogen and oxygen atoms in total. The fourth-order valence-corrected chi connectivity index (χ4v) is 2.93. The van der Waals surface area contributed by atoms with E-state index in [2.05, 4.69) is 6.92 Å². The predicted octanol–water partition coefficient (Wildman–Crippen LogP) is 6.04. The molecule has 2 unspecified atom stereocenters. The van der Waals surface area contributed by atoms with E-state index in [0.29, 0.717) is 6.42 Å². The first-order valence-electron chi connectivity index (χ1n) is 7.19. The molecule has 0 bridgehead atoms. The minimum absolute atomic E-state index is 0.153. The minimum Gasteiger partial charge on any atom is -0.207 e. The molecule has 0 saturated heterocycles. The molecule has 0 aliphatic carbocycles. The van der Waals surface area contributed by atoms with Gasteiger partial charge in [0.2, 0.25) is 0 Å². The largest absolute Gasteiger partial charge is 0.207 e. The van der Waals surface area contributed by atoms with Gasteiger partial charge >= 0.3 is 0 Å². The summed E-state index contributed by atoms with van der Waals surface area (Å²) in [6, 6.07) is 4.01. The van der Waals surface area contributed by atoms with Crippen molar-refractivity contribution in [1.29, 1.82) is 0 Å². The van der Waals surface area contributed by atoms with E-state index < -0.39 is 11.6 Å². The molecule has 19 heavy (non-hydrogen) atoms. The molecule has 0 aromatic heterocycles. The Hall–Kier alpha value is -0.630. The second-order valence-corrected chi connectivity index (χ2v) is 5.58. The summed E-state index contributed by atoms with van der Waals surface area (Å²) >= 11 is 6.37. The van der Waals surface area contributed by atoms with Crippen LogP contribution in [-0.2, 0) is 0 Å². The summed E-state index contributed by atoms with van der Waals surface area (Å²) in [7, 11) is 0. The van der Waals surface area contributed by atoms with E-state index in [-0.39, 0.29) is 16.9 Å². The zero-order chi connectivity index (χ0) is 14.3. The number of alkyl halides is 1. The second-order valence-electron chi connectivity index (χ2n) is 5.02. The highest BCUT2D eigenvalue weighted by molar-refractivity contribution is 6.21. The average Bonchev–Trinajstić information content (AvgIpc) is 2.39. The smallest absolute Gasteiger partial charge is 0.129 e. The first-order valence-corrected chi connectivity index (χ1v) is 7.63. The zero-order valence-corrected chi connectivity index (χ0v) is 12.5. The maximum absolute atomic E-state index is 13.8. The summed E-state index contributed by atoms with van der Waals surface area (Å²) in [6.07, 6.45) is 5.98. The normalized spacial score (nSPS) is 14.4. The lowest BCUT2D eigenvalue weighted by Gasteiger charge is -2.22. The summed E-state index contributed by atoms with van der Waals surface area (Å²) in [5, 5.41) is -0.201. The molecule has 0 heterocycles. The lowest BCUT2D eigenvalue weighted by atomic mass is 9.89. The van der Waals surface area contributed by atoms with E-state index in [0.717, 1.165) is 19.3 Å². The van der Waals surface area contributed by atoms with Crippen molar-refractivity contribution >= 4 is 11.6 Å². The monoisotopic (exact) mass is 288 g/mol. The summed E-state index contributed by atoms with van der Waals surface area (Å²) in [5.74, 6) is -1.21. The van der Waals surface area contributed by atoms with Gasteiger partial charge in [-0.1, -0.05) is 45.6 Å². The maximum atomic E-state index is 13.8.